The number of rotatable bonds is 7. The summed E-state index contributed by atoms with van der Waals surface area (Å²) in [7, 11) is 0. The molecule has 1 amide bonds. The topological polar surface area (TPSA) is 47.6 Å². The predicted octanol–water partition coefficient (Wildman–Crippen LogP) is 4.28. The van der Waals surface area contributed by atoms with Gasteiger partial charge >= 0.3 is 6.09 Å². The summed E-state index contributed by atoms with van der Waals surface area (Å²) in [6, 6.07) is 13.8. The van der Waals surface area contributed by atoms with Crippen LogP contribution in [0.1, 0.15) is 30.4 Å². The molecular weight excluding hydrogens is 345 g/mol. The van der Waals surface area contributed by atoms with E-state index in [4.69, 9.17) is 9.47 Å². The zero-order valence-electron chi connectivity index (χ0n) is 15.0. The number of carbonyl (C=O) groups excluding carboxylic acids is 1. The van der Waals surface area contributed by atoms with Crippen molar-refractivity contribution < 1.29 is 18.7 Å². The Labute approximate surface area is 158 Å². The Hall–Kier alpha value is -3.00. The van der Waals surface area contributed by atoms with E-state index in [1.807, 2.05) is 30.3 Å². The van der Waals surface area contributed by atoms with E-state index in [1.165, 1.54) is 25.0 Å². The van der Waals surface area contributed by atoms with E-state index < -0.39 is 6.09 Å². The van der Waals surface area contributed by atoms with Gasteiger partial charge in [-0.15, -0.1) is 0 Å². The maximum absolute atomic E-state index is 13.5. The highest BCUT2D eigenvalue weighted by atomic mass is 19.1. The van der Waals surface area contributed by atoms with Crippen molar-refractivity contribution in [2.24, 2.45) is 5.92 Å². The van der Waals surface area contributed by atoms with Crippen molar-refractivity contribution in [1.29, 1.82) is 0 Å². The summed E-state index contributed by atoms with van der Waals surface area (Å²) < 4.78 is 24.3. The molecule has 0 spiro atoms. The largest absolute Gasteiger partial charge is 0.492 e. The zero-order chi connectivity index (χ0) is 18.9. The number of hydrogen-bond donors (Lipinski definition) is 1. The third-order valence-electron chi connectivity index (χ3n) is 4.07. The summed E-state index contributed by atoms with van der Waals surface area (Å²) in [6.07, 6.45) is 2.32. The van der Waals surface area contributed by atoms with Gasteiger partial charge in [0.05, 0.1) is 12.2 Å². The molecule has 1 aliphatic carbocycles. The number of hydrogen-bond acceptors (Lipinski definition) is 3. The molecule has 1 fully saturated rings. The number of amides is 1. The monoisotopic (exact) mass is 367 g/mol. The lowest BCUT2D eigenvalue weighted by atomic mass is 10.2. The normalized spacial score (nSPS) is 12.6. The molecule has 0 aliphatic heterocycles. The summed E-state index contributed by atoms with van der Waals surface area (Å²) in [5.41, 5.74) is 1.46. The first kappa shape index (κ1) is 18.8. The summed E-state index contributed by atoms with van der Waals surface area (Å²) in [5, 5.41) is 2.64. The van der Waals surface area contributed by atoms with Gasteiger partial charge < -0.3 is 14.8 Å². The number of benzene rings is 2. The molecule has 2 aromatic carbocycles. The van der Waals surface area contributed by atoms with Gasteiger partial charge in [0.25, 0.3) is 0 Å². The van der Waals surface area contributed by atoms with Crippen LogP contribution in [0.25, 0.3) is 0 Å². The molecule has 5 heteroatoms. The lowest BCUT2D eigenvalue weighted by Crippen LogP contribution is -2.24. The molecule has 140 valence electrons. The van der Waals surface area contributed by atoms with Crippen molar-refractivity contribution in [2.75, 3.05) is 13.2 Å². The van der Waals surface area contributed by atoms with E-state index >= 15 is 0 Å². The van der Waals surface area contributed by atoms with Crippen LogP contribution in [-0.2, 0) is 11.3 Å². The second kappa shape index (κ2) is 9.63. The molecule has 1 N–H and O–H groups in total. The first-order valence-corrected chi connectivity index (χ1v) is 9.06. The van der Waals surface area contributed by atoms with E-state index in [9.17, 15) is 9.18 Å². The molecule has 0 atom stereocenters. The van der Waals surface area contributed by atoms with Crippen molar-refractivity contribution in [1.82, 2.24) is 5.32 Å². The van der Waals surface area contributed by atoms with Crippen LogP contribution < -0.4 is 10.1 Å². The van der Waals surface area contributed by atoms with Gasteiger partial charge in [-0.25, -0.2) is 9.18 Å². The number of halogens is 1. The lowest BCUT2D eigenvalue weighted by molar-refractivity contribution is 0.140. The summed E-state index contributed by atoms with van der Waals surface area (Å²) >= 11 is 0. The van der Waals surface area contributed by atoms with Crippen LogP contribution in [0.4, 0.5) is 9.18 Å². The van der Waals surface area contributed by atoms with Crippen LogP contribution in [0.5, 0.6) is 5.75 Å². The highest BCUT2D eigenvalue weighted by molar-refractivity contribution is 5.67. The molecule has 0 unspecified atom stereocenters. The Morgan fingerprint density at radius 1 is 1.19 bits per heavy atom. The minimum Gasteiger partial charge on any atom is -0.492 e. The van der Waals surface area contributed by atoms with Gasteiger partial charge in [0, 0.05) is 13.0 Å². The molecule has 0 bridgehead atoms. The molecule has 4 nitrogen and oxygen atoms in total. The SMILES string of the molecule is O=C(NCCC#Cc1cc(F)ccc1OCC1CC1)OCc1ccccc1. The molecule has 0 heterocycles. The molecular formula is C22H22FNO3. The van der Waals surface area contributed by atoms with E-state index in [0.717, 1.165) is 5.56 Å². The highest BCUT2D eigenvalue weighted by Crippen LogP contribution is 2.30. The minimum atomic E-state index is -0.486. The Bertz CT molecular complexity index is 822. The molecule has 3 rings (SSSR count). The molecule has 0 aromatic heterocycles. The third kappa shape index (κ3) is 6.67. The van der Waals surface area contributed by atoms with Crippen molar-refractivity contribution in [3.8, 4) is 17.6 Å². The van der Waals surface area contributed by atoms with Crippen molar-refractivity contribution in [3.63, 3.8) is 0 Å². The van der Waals surface area contributed by atoms with Crippen LogP contribution in [0.2, 0.25) is 0 Å². The van der Waals surface area contributed by atoms with Crippen molar-refractivity contribution in [2.45, 2.75) is 25.9 Å². The average Bonchev–Trinajstić information content (AvgIpc) is 3.51. The van der Waals surface area contributed by atoms with Crippen LogP contribution >= 0.6 is 0 Å². The maximum atomic E-state index is 13.5. The second-order valence-electron chi connectivity index (χ2n) is 6.44. The molecule has 2 aromatic rings. The quantitative estimate of drug-likeness (QED) is 0.587. The smallest absolute Gasteiger partial charge is 0.407 e. The van der Waals surface area contributed by atoms with E-state index in [0.29, 0.717) is 36.8 Å². The Balaban J connectivity index is 1.41. The molecule has 1 saturated carbocycles. The first-order valence-electron chi connectivity index (χ1n) is 9.06. The maximum Gasteiger partial charge on any atom is 0.407 e. The second-order valence-corrected chi connectivity index (χ2v) is 6.44. The van der Waals surface area contributed by atoms with Crippen molar-refractivity contribution >= 4 is 6.09 Å². The molecule has 0 radical (unpaired) electrons. The van der Waals surface area contributed by atoms with Gasteiger partial charge in [0.15, 0.2) is 0 Å². The Morgan fingerprint density at radius 2 is 2.00 bits per heavy atom. The number of alkyl carbamates (subject to hydrolysis) is 1. The molecule has 0 saturated heterocycles. The summed E-state index contributed by atoms with van der Waals surface area (Å²) in [6.45, 7) is 1.23. The number of ether oxygens (including phenoxy) is 2. The van der Waals surface area contributed by atoms with Gasteiger partial charge in [-0.05, 0) is 42.5 Å². The first-order chi connectivity index (χ1) is 13.2. The van der Waals surface area contributed by atoms with Gasteiger partial charge in [0.2, 0.25) is 0 Å². The fourth-order valence-electron chi connectivity index (χ4n) is 2.38. The van der Waals surface area contributed by atoms with Crippen molar-refractivity contribution in [3.05, 3.63) is 65.5 Å². The zero-order valence-corrected chi connectivity index (χ0v) is 15.0. The van der Waals surface area contributed by atoms with Crippen LogP contribution in [0.15, 0.2) is 48.5 Å². The predicted molar refractivity (Wildman–Crippen MR) is 101 cm³/mol. The third-order valence-corrected chi connectivity index (χ3v) is 4.07. The van der Waals surface area contributed by atoms with E-state index in [2.05, 4.69) is 17.2 Å². The fourth-order valence-corrected chi connectivity index (χ4v) is 2.38. The number of carbonyl (C=O) groups is 1. The Kier molecular flexibility index (Phi) is 6.70. The van der Waals surface area contributed by atoms with E-state index in [-0.39, 0.29) is 12.4 Å². The molecule has 1 aliphatic rings. The number of nitrogens with one attached hydrogen (secondary N) is 1. The summed E-state index contributed by atoms with van der Waals surface area (Å²) in [5.74, 6) is 6.73. The standard InChI is InChI=1S/C22H22FNO3/c23-20-11-12-21(26-15-18-9-10-18)19(14-20)8-4-5-13-24-22(25)27-16-17-6-2-1-3-7-17/h1-3,6-7,11-12,14,18H,5,9-10,13,15-16H2,(H,24,25). The Morgan fingerprint density at radius 3 is 2.78 bits per heavy atom. The average molecular weight is 367 g/mol. The lowest BCUT2D eigenvalue weighted by Gasteiger charge is -2.07. The summed E-state index contributed by atoms with van der Waals surface area (Å²) in [4.78, 5) is 11.7. The minimum absolute atomic E-state index is 0.226. The molecule has 27 heavy (non-hydrogen) atoms. The highest BCUT2D eigenvalue weighted by Gasteiger charge is 2.22. The van der Waals surface area contributed by atoms with Gasteiger partial charge in [-0.3, -0.25) is 0 Å². The van der Waals surface area contributed by atoms with E-state index in [1.54, 1.807) is 6.07 Å². The van der Waals surface area contributed by atoms with Gasteiger partial charge in [0.1, 0.15) is 18.2 Å². The van der Waals surface area contributed by atoms with Gasteiger partial charge in [-0.1, -0.05) is 42.2 Å². The van der Waals surface area contributed by atoms with Gasteiger partial charge in [-0.2, -0.15) is 0 Å². The van der Waals surface area contributed by atoms with Crippen LogP contribution in [0, 0.1) is 23.6 Å². The van der Waals surface area contributed by atoms with Crippen LogP contribution in [0.3, 0.4) is 0 Å². The van der Waals surface area contributed by atoms with Crippen LogP contribution in [-0.4, -0.2) is 19.2 Å². The fraction of sp³-hybridized carbons (Fsp3) is 0.318.